The topological polar surface area (TPSA) is 89.2 Å². The average molecular weight is 307 g/mol. The van der Waals surface area contributed by atoms with Crippen molar-refractivity contribution in [1.29, 1.82) is 0 Å². The zero-order valence-corrected chi connectivity index (χ0v) is 12.0. The normalized spacial score (nSPS) is 15.0. The highest BCUT2D eigenvalue weighted by Gasteiger charge is 2.16. The van der Waals surface area contributed by atoms with Gasteiger partial charge in [-0.2, -0.15) is 15.0 Å². The molecule has 1 fully saturated rings. The van der Waals surface area contributed by atoms with Crippen LogP contribution in [-0.2, 0) is 4.74 Å². The summed E-state index contributed by atoms with van der Waals surface area (Å²) >= 11 is 5.98. The number of hydrogen-bond donors (Lipinski definition) is 2. The van der Waals surface area contributed by atoms with Gasteiger partial charge in [-0.1, -0.05) is 0 Å². The van der Waals surface area contributed by atoms with Crippen molar-refractivity contribution in [2.24, 2.45) is 0 Å². The number of rotatable bonds is 3. The number of halogens is 1. The number of morpholine rings is 1. The Kier molecular flexibility index (Phi) is 4.03. The van der Waals surface area contributed by atoms with Gasteiger partial charge in [0.15, 0.2) is 0 Å². The van der Waals surface area contributed by atoms with Gasteiger partial charge in [0.1, 0.15) is 0 Å². The average Bonchev–Trinajstić information content (AvgIpc) is 2.50. The highest BCUT2D eigenvalue weighted by Crippen LogP contribution is 2.19. The number of benzene rings is 1. The van der Waals surface area contributed by atoms with E-state index in [0.717, 1.165) is 18.8 Å². The maximum Gasteiger partial charge on any atom is 0.233 e. The van der Waals surface area contributed by atoms with Crippen LogP contribution in [-0.4, -0.2) is 41.3 Å². The summed E-state index contributed by atoms with van der Waals surface area (Å²) < 4.78 is 5.32. The smallest absolute Gasteiger partial charge is 0.233 e. The van der Waals surface area contributed by atoms with Crippen molar-refractivity contribution in [3.8, 4) is 0 Å². The Morgan fingerprint density at radius 1 is 1.10 bits per heavy atom. The van der Waals surface area contributed by atoms with Crippen molar-refractivity contribution in [2.75, 3.05) is 42.3 Å². The summed E-state index contributed by atoms with van der Waals surface area (Å²) in [4.78, 5) is 14.7. The lowest BCUT2D eigenvalue weighted by molar-refractivity contribution is 0.122. The lowest BCUT2D eigenvalue weighted by Crippen LogP contribution is -2.37. The third-order valence-corrected chi connectivity index (χ3v) is 3.23. The van der Waals surface area contributed by atoms with Crippen LogP contribution in [0.2, 0.25) is 5.28 Å². The van der Waals surface area contributed by atoms with Crippen LogP contribution in [0.5, 0.6) is 0 Å². The highest BCUT2D eigenvalue weighted by molar-refractivity contribution is 6.28. The molecule has 0 unspecified atom stereocenters. The molecule has 8 heteroatoms. The van der Waals surface area contributed by atoms with Crippen molar-refractivity contribution >= 4 is 34.9 Å². The molecule has 0 saturated carbocycles. The summed E-state index contributed by atoms with van der Waals surface area (Å²) in [6, 6.07) is 7.30. The maximum absolute atomic E-state index is 5.98. The molecule has 21 heavy (non-hydrogen) atoms. The van der Waals surface area contributed by atoms with Crippen LogP contribution in [0.15, 0.2) is 24.3 Å². The van der Waals surface area contributed by atoms with Crippen LogP contribution >= 0.6 is 11.6 Å². The first kappa shape index (κ1) is 13.8. The van der Waals surface area contributed by atoms with Gasteiger partial charge in [0.25, 0.3) is 0 Å². The predicted octanol–water partition coefficient (Wildman–Crippen LogP) is 1.69. The van der Waals surface area contributed by atoms with Gasteiger partial charge in [-0.15, -0.1) is 0 Å². The fraction of sp³-hybridized carbons (Fsp3) is 0.308. The van der Waals surface area contributed by atoms with Crippen LogP contribution in [0.4, 0.5) is 23.3 Å². The second-order valence-corrected chi connectivity index (χ2v) is 4.91. The van der Waals surface area contributed by atoms with E-state index in [4.69, 9.17) is 22.1 Å². The molecular formula is C13H15ClN6O. The molecule has 1 aromatic carbocycles. The molecule has 1 saturated heterocycles. The summed E-state index contributed by atoms with van der Waals surface area (Å²) in [5, 5.41) is 3.25. The molecule has 1 aliphatic heterocycles. The standard InChI is InChI=1S/C13H15ClN6O/c14-11-17-12(16-10-3-1-9(15)2-4-10)19-13(18-11)20-5-7-21-8-6-20/h1-4H,5-8,15H2,(H,16,17,18,19). The monoisotopic (exact) mass is 306 g/mol. The van der Waals surface area contributed by atoms with Gasteiger partial charge < -0.3 is 20.7 Å². The molecule has 2 aromatic rings. The van der Waals surface area contributed by atoms with E-state index in [0.29, 0.717) is 30.8 Å². The number of nitrogens with zero attached hydrogens (tertiary/aromatic N) is 4. The molecular weight excluding hydrogens is 292 g/mol. The first-order valence-corrected chi connectivity index (χ1v) is 6.95. The Hall–Kier alpha value is -2.12. The van der Waals surface area contributed by atoms with Gasteiger partial charge in [-0.05, 0) is 35.9 Å². The summed E-state index contributed by atoms with van der Waals surface area (Å²) in [6.07, 6.45) is 0. The lowest BCUT2D eigenvalue weighted by atomic mass is 10.3. The highest BCUT2D eigenvalue weighted by atomic mass is 35.5. The second-order valence-electron chi connectivity index (χ2n) is 4.57. The van der Waals surface area contributed by atoms with Gasteiger partial charge in [-0.3, -0.25) is 0 Å². The van der Waals surface area contributed by atoms with Gasteiger partial charge in [0.2, 0.25) is 17.2 Å². The Morgan fingerprint density at radius 2 is 1.81 bits per heavy atom. The third-order valence-electron chi connectivity index (χ3n) is 3.06. The van der Waals surface area contributed by atoms with Gasteiger partial charge in [-0.25, -0.2) is 0 Å². The van der Waals surface area contributed by atoms with E-state index in [2.05, 4.69) is 20.3 Å². The molecule has 0 bridgehead atoms. The van der Waals surface area contributed by atoms with Crippen LogP contribution in [0.3, 0.4) is 0 Å². The summed E-state index contributed by atoms with van der Waals surface area (Å²) in [5.74, 6) is 0.956. The van der Waals surface area contributed by atoms with Crippen molar-refractivity contribution in [3.63, 3.8) is 0 Å². The quantitative estimate of drug-likeness (QED) is 0.834. The van der Waals surface area contributed by atoms with Gasteiger partial charge in [0, 0.05) is 24.5 Å². The lowest BCUT2D eigenvalue weighted by Gasteiger charge is -2.26. The van der Waals surface area contributed by atoms with Crippen LogP contribution in [0.25, 0.3) is 0 Å². The summed E-state index contributed by atoms with van der Waals surface area (Å²) in [5.41, 5.74) is 7.19. The Labute approximate surface area is 127 Å². The number of anilines is 4. The minimum Gasteiger partial charge on any atom is -0.399 e. The first-order chi connectivity index (χ1) is 10.2. The van der Waals surface area contributed by atoms with E-state index >= 15 is 0 Å². The molecule has 110 valence electrons. The largest absolute Gasteiger partial charge is 0.399 e. The van der Waals surface area contributed by atoms with Gasteiger partial charge in [0.05, 0.1) is 13.2 Å². The molecule has 3 rings (SSSR count). The molecule has 1 aromatic heterocycles. The van der Waals surface area contributed by atoms with Crippen LogP contribution < -0.4 is 16.0 Å². The number of nitrogens with one attached hydrogen (secondary N) is 1. The van der Waals surface area contributed by atoms with E-state index in [1.54, 1.807) is 12.1 Å². The van der Waals surface area contributed by atoms with Crippen LogP contribution in [0, 0.1) is 0 Å². The van der Waals surface area contributed by atoms with E-state index in [-0.39, 0.29) is 5.28 Å². The van der Waals surface area contributed by atoms with Crippen LogP contribution in [0.1, 0.15) is 0 Å². The number of hydrogen-bond acceptors (Lipinski definition) is 7. The second kappa shape index (κ2) is 6.11. The fourth-order valence-electron chi connectivity index (χ4n) is 2.00. The predicted molar refractivity (Wildman–Crippen MR) is 82.0 cm³/mol. The molecule has 2 heterocycles. The van der Waals surface area contributed by atoms with Gasteiger partial charge >= 0.3 is 0 Å². The molecule has 0 amide bonds. The Morgan fingerprint density at radius 3 is 2.52 bits per heavy atom. The molecule has 0 aliphatic carbocycles. The molecule has 1 aliphatic rings. The van der Waals surface area contributed by atoms with E-state index < -0.39 is 0 Å². The van der Waals surface area contributed by atoms with Crippen molar-refractivity contribution in [3.05, 3.63) is 29.5 Å². The van der Waals surface area contributed by atoms with E-state index in [1.165, 1.54) is 0 Å². The summed E-state index contributed by atoms with van der Waals surface area (Å²) in [7, 11) is 0. The van der Waals surface area contributed by atoms with Crippen molar-refractivity contribution in [2.45, 2.75) is 0 Å². The van der Waals surface area contributed by atoms with Crippen molar-refractivity contribution in [1.82, 2.24) is 15.0 Å². The molecule has 7 nitrogen and oxygen atoms in total. The molecule has 0 atom stereocenters. The fourth-order valence-corrected chi connectivity index (χ4v) is 2.15. The minimum absolute atomic E-state index is 0.157. The zero-order chi connectivity index (χ0) is 14.7. The van der Waals surface area contributed by atoms with Crippen molar-refractivity contribution < 1.29 is 4.74 Å². The molecule has 3 N–H and O–H groups in total. The third kappa shape index (κ3) is 3.50. The Bertz CT molecular complexity index is 615. The SMILES string of the molecule is Nc1ccc(Nc2nc(Cl)nc(N3CCOCC3)n2)cc1. The maximum atomic E-state index is 5.98. The first-order valence-electron chi connectivity index (χ1n) is 6.57. The van der Waals surface area contributed by atoms with E-state index in [9.17, 15) is 0 Å². The zero-order valence-electron chi connectivity index (χ0n) is 11.3. The number of nitrogen functional groups attached to an aromatic ring is 1. The Balaban J connectivity index is 1.81. The number of ether oxygens (including phenoxy) is 1. The molecule has 0 radical (unpaired) electrons. The summed E-state index contributed by atoms with van der Waals surface area (Å²) in [6.45, 7) is 2.79. The number of nitrogens with two attached hydrogens (primary N) is 1. The molecule has 0 spiro atoms. The van der Waals surface area contributed by atoms with E-state index in [1.807, 2.05) is 17.0 Å². The number of aromatic nitrogens is 3. The minimum atomic E-state index is 0.157.